The van der Waals surface area contributed by atoms with Gasteiger partial charge in [0.15, 0.2) is 0 Å². The van der Waals surface area contributed by atoms with Gasteiger partial charge in [-0.2, -0.15) is 5.10 Å². The summed E-state index contributed by atoms with van der Waals surface area (Å²) in [7, 11) is 3.50. The monoisotopic (exact) mass is 352 g/mol. The second-order valence-corrected chi connectivity index (χ2v) is 6.34. The number of hydrogen-bond donors (Lipinski definition) is 2. The molecule has 0 fully saturated rings. The number of rotatable bonds is 4. The Kier molecular flexibility index (Phi) is 4.16. The van der Waals surface area contributed by atoms with Crippen LogP contribution in [0.1, 0.15) is 39.3 Å². The number of amides is 1. The van der Waals surface area contributed by atoms with Gasteiger partial charge in [-0.15, -0.1) is 0 Å². The number of carbonyl (C=O) groups excluding carboxylic acids is 1. The van der Waals surface area contributed by atoms with Gasteiger partial charge in [-0.1, -0.05) is 18.2 Å². The maximum absolute atomic E-state index is 12.5. The van der Waals surface area contributed by atoms with Gasteiger partial charge in [0.2, 0.25) is 0 Å². The van der Waals surface area contributed by atoms with E-state index in [0.717, 1.165) is 22.8 Å². The lowest BCUT2D eigenvalue weighted by Gasteiger charge is -2.17. The lowest BCUT2D eigenvalue weighted by Crippen LogP contribution is -2.26. The van der Waals surface area contributed by atoms with Gasteiger partial charge in [0.1, 0.15) is 29.4 Å². The number of aryl methyl sites for hydroxylation is 1. The number of hydrogen-bond acceptors (Lipinski definition) is 5. The van der Waals surface area contributed by atoms with Gasteiger partial charge in [-0.25, -0.2) is 9.97 Å². The van der Waals surface area contributed by atoms with Gasteiger partial charge in [-0.3, -0.25) is 9.48 Å². The molecule has 1 atom stereocenters. The van der Waals surface area contributed by atoms with Crippen molar-refractivity contribution >= 4 is 5.91 Å². The van der Waals surface area contributed by atoms with E-state index in [2.05, 4.69) is 25.4 Å². The van der Waals surface area contributed by atoms with Gasteiger partial charge in [0, 0.05) is 25.2 Å². The minimum atomic E-state index is -0.155. The Balaban J connectivity index is 1.64. The highest BCUT2D eigenvalue weighted by atomic mass is 16.5. The highest BCUT2D eigenvalue weighted by Gasteiger charge is 2.27. The van der Waals surface area contributed by atoms with E-state index in [-0.39, 0.29) is 11.8 Å². The molecule has 3 aromatic rings. The van der Waals surface area contributed by atoms with Crippen LogP contribution in [-0.4, -0.2) is 44.3 Å². The number of aromatic amines is 1. The van der Waals surface area contributed by atoms with Crippen LogP contribution in [0.3, 0.4) is 0 Å². The number of ether oxygens (including phenoxy) is 1. The average molecular weight is 352 g/mol. The third-order valence-electron chi connectivity index (χ3n) is 4.71. The molecule has 26 heavy (non-hydrogen) atoms. The van der Waals surface area contributed by atoms with Crippen LogP contribution in [0.2, 0.25) is 0 Å². The fourth-order valence-electron chi connectivity index (χ4n) is 3.35. The van der Waals surface area contributed by atoms with Crippen LogP contribution in [0.5, 0.6) is 5.75 Å². The first-order chi connectivity index (χ1) is 12.7. The van der Waals surface area contributed by atoms with Crippen molar-refractivity contribution in [2.45, 2.75) is 18.8 Å². The van der Waals surface area contributed by atoms with Gasteiger partial charge >= 0.3 is 0 Å². The molecule has 1 aromatic carbocycles. The number of nitrogens with one attached hydrogen (secondary N) is 2. The molecule has 0 spiro atoms. The largest absolute Gasteiger partial charge is 0.496 e. The van der Waals surface area contributed by atoms with E-state index in [4.69, 9.17) is 4.74 Å². The quantitative estimate of drug-likeness (QED) is 0.735. The molecular formula is C18H20N6O2. The predicted octanol–water partition coefficient (Wildman–Crippen LogP) is 1.21. The maximum atomic E-state index is 12.5. The van der Waals surface area contributed by atoms with Crippen LogP contribution in [0.4, 0.5) is 0 Å². The Labute approximate surface area is 150 Å². The predicted molar refractivity (Wildman–Crippen MR) is 94.2 cm³/mol. The van der Waals surface area contributed by atoms with Gasteiger partial charge in [0.25, 0.3) is 5.91 Å². The number of carbonyl (C=O) groups is 1. The summed E-state index contributed by atoms with van der Waals surface area (Å²) in [5, 5.41) is 7.04. The van der Waals surface area contributed by atoms with E-state index in [1.807, 2.05) is 31.3 Å². The zero-order valence-corrected chi connectivity index (χ0v) is 14.7. The minimum Gasteiger partial charge on any atom is -0.496 e. The number of imidazole rings is 1. The molecule has 0 unspecified atom stereocenters. The summed E-state index contributed by atoms with van der Waals surface area (Å²) in [6.07, 6.45) is 2.68. The van der Waals surface area contributed by atoms with Crippen molar-refractivity contribution in [1.29, 1.82) is 0 Å². The van der Waals surface area contributed by atoms with E-state index in [1.54, 1.807) is 11.8 Å². The molecule has 0 saturated heterocycles. The average Bonchev–Trinajstić information content (AvgIpc) is 3.21. The second-order valence-electron chi connectivity index (χ2n) is 6.34. The summed E-state index contributed by atoms with van der Waals surface area (Å²) >= 11 is 0. The van der Waals surface area contributed by atoms with E-state index in [0.29, 0.717) is 30.9 Å². The summed E-state index contributed by atoms with van der Waals surface area (Å²) in [5.74, 6) is 2.28. The van der Waals surface area contributed by atoms with Crippen molar-refractivity contribution in [3.8, 4) is 5.75 Å². The van der Waals surface area contributed by atoms with Crippen LogP contribution >= 0.6 is 0 Å². The Morgan fingerprint density at radius 2 is 2.19 bits per heavy atom. The molecule has 4 rings (SSSR count). The number of nitrogens with zero attached hydrogens (tertiary/aromatic N) is 4. The number of methoxy groups -OCH3 is 1. The topological polar surface area (TPSA) is 97.7 Å². The fourth-order valence-corrected chi connectivity index (χ4v) is 3.35. The van der Waals surface area contributed by atoms with Crippen LogP contribution in [0.15, 0.2) is 30.6 Å². The summed E-state index contributed by atoms with van der Waals surface area (Å²) in [4.78, 5) is 24.5. The molecule has 2 N–H and O–H groups in total. The second kappa shape index (κ2) is 6.62. The number of benzene rings is 1. The van der Waals surface area contributed by atoms with E-state index < -0.39 is 0 Å². The van der Waals surface area contributed by atoms with Crippen LogP contribution in [0, 0.1) is 0 Å². The zero-order chi connectivity index (χ0) is 18.1. The highest BCUT2D eigenvalue weighted by Crippen LogP contribution is 2.30. The van der Waals surface area contributed by atoms with Gasteiger partial charge in [-0.05, 0) is 18.1 Å². The Morgan fingerprint density at radius 1 is 1.35 bits per heavy atom. The van der Waals surface area contributed by atoms with Crippen molar-refractivity contribution in [2.24, 2.45) is 7.05 Å². The molecule has 0 bridgehead atoms. The Morgan fingerprint density at radius 3 is 2.96 bits per heavy atom. The molecule has 3 heterocycles. The molecule has 1 amide bonds. The number of H-pyrrole nitrogens is 1. The zero-order valence-electron chi connectivity index (χ0n) is 14.7. The van der Waals surface area contributed by atoms with Crippen molar-refractivity contribution in [1.82, 2.24) is 30.0 Å². The smallest absolute Gasteiger partial charge is 0.271 e. The molecule has 0 aliphatic carbocycles. The van der Waals surface area contributed by atoms with E-state index in [1.165, 1.54) is 6.33 Å². The number of para-hydroxylation sites is 1. The first-order valence-corrected chi connectivity index (χ1v) is 8.47. The molecule has 8 heteroatoms. The normalized spacial score (nSPS) is 16.7. The molecule has 8 nitrogen and oxygen atoms in total. The van der Waals surface area contributed by atoms with Gasteiger partial charge in [0.05, 0.1) is 13.5 Å². The number of fused-ring (bicyclic) bond motifs is 1. The molecule has 0 saturated carbocycles. The van der Waals surface area contributed by atoms with Crippen LogP contribution in [0.25, 0.3) is 0 Å². The summed E-state index contributed by atoms with van der Waals surface area (Å²) < 4.78 is 7.19. The third-order valence-corrected chi connectivity index (χ3v) is 4.71. The lowest BCUT2D eigenvalue weighted by atomic mass is 9.93. The van der Waals surface area contributed by atoms with Crippen molar-refractivity contribution in [2.75, 3.05) is 13.7 Å². The Bertz CT molecular complexity index is 945. The first kappa shape index (κ1) is 16.3. The van der Waals surface area contributed by atoms with E-state index in [9.17, 15) is 4.79 Å². The molecule has 1 aliphatic rings. The molecular weight excluding hydrogens is 332 g/mol. The number of aromatic nitrogens is 5. The first-order valence-electron chi connectivity index (χ1n) is 8.47. The molecule has 2 aromatic heterocycles. The lowest BCUT2D eigenvalue weighted by molar-refractivity contribution is 0.0950. The van der Waals surface area contributed by atoms with Crippen molar-refractivity contribution < 1.29 is 9.53 Å². The maximum Gasteiger partial charge on any atom is 0.271 e. The fraction of sp³-hybridized carbons (Fsp3) is 0.333. The van der Waals surface area contributed by atoms with Crippen molar-refractivity contribution in [3.05, 3.63) is 59.2 Å². The summed E-state index contributed by atoms with van der Waals surface area (Å²) in [5.41, 5.74) is 2.38. The van der Waals surface area contributed by atoms with Crippen molar-refractivity contribution in [3.63, 3.8) is 0 Å². The highest BCUT2D eigenvalue weighted by molar-refractivity contribution is 5.94. The SMILES string of the molecule is COc1ccccc1[C@@H]1CNC(=O)c2nc(Cc3ncnn3C)[nH]c2C1. The van der Waals surface area contributed by atoms with E-state index >= 15 is 0 Å². The molecule has 134 valence electrons. The van der Waals surface area contributed by atoms with Gasteiger partial charge < -0.3 is 15.0 Å². The third kappa shape index (κ3) is 2.94. The van der Waals surface area contributed by atoms with Crippen LogP contribution < -0.4 is 10.1 Å². The Hall–Kier alpha value is -3.16. The molecule has 0 radical (unpaired) electrons. The van der Waals surface area contributed by atoms with Crippen LogP contribution in [-0.2, 0) is 19.9 Å². The summed E-state index contributed by atoms with van der Waals surface area (Å²) in [6, 6.07) is 7.91. The molecule has 1 aliphatic heterocycles. The summed E-state index contributed by atoms with van der Waals surface area (Å²) in [6.45, 7) is 0.544. The standard InChI is InChI=1S/C18H20N6O2/c1-24-16(20-10-21-24)8-15-22-13-7-11(9-19-18(25)17(13)23-15)12-5-3-4-6-14(12)26-2/h3-6,10-11H,7-9H2,1-2H3,(H,19,25)(H,22,23)/t11-/m0/s1. The minimum absolute atomic E-state index is 0.111.